The average molecular weight is 210 g/mol. The highest BCUT2D eigenvalue weighted by Crippen LogP contribution is 2.42. The van der Waals surface area contributed by atoms with E-state index in [1.54, 1.807) is 0 Å². The summed E-state index contributed by atoms with van der Waals surface area (Å²) in [6, 6.07) is 0.514. The maximum absolute atomic E-state index is 5.57. The van der Waals surface area contributed by atoms with Gasteiger partial charge in [-0.15, -0.1) is 5.10 Å². The molecule has 0 aliphatic heterocycles. The summed E-state index contributed by atoms with van der Waals surface area (Å²) in [5.41, 5.74) is 7.35. The van der Waals surface area contributed by atoms with E-state index in [0.717, 1.165) is 12.1 Å². The molecule has 5 heteroatoms. The highest BCUT2D eigenvalue weighted by atomic mass is 32.1. The molecule has 2 rings (SSSR count). The molecule has 1 saturated carbocycles. The summed E-state index contributed by atoms with van der Waals surface area (Å²) in [4.78, 5) is 0.349. The first-order valence-corrected chi connectivity index (χ1v) is 5.29. The highest BCUT2D eigenvalue weighted by Gasteiger charge is 2.37. The van der Waals surface area contributed by atoms with Crippen molar-refractivity contribution < 1.29 is 0 Å². The zero-order valence-electron chi connectivity index (χ0n) is 8.40. The summed E-state index contributed by atoms with van der Waals surface area (Å²) in [7, 11) is 0. The smallest absolute Gasteiger partial charge is 0.143 e. The molecular weight excluding hydrogens is 196 g/mol. The van der Waals surface area contributed by atoms with E-state index < -0.39 is 0 Å². The second-order valence-electron chi connectivity index (χ2n) is 3.83. The van der Waals surface area contributed by atoms with Crippen molar-refractivity contribution in [2.45, 2.75) is 32.7 Å². The van der Waals surface area contributed by atoms with Crippen molar-refractivity contribution in [1.82, 2.24) is 15.0 Å². The molecule has 1 heterocycles. The maximum atomic E-state index is 5.57. The van der Waals surface area contributed by atoms with Crippen molar-refractivity contribution in [3.05, 3.63) is 11.4 Å². The van der Waals surface area contributed by atoms with E-state index in [0.29, 0.717) is 22.6 Å². The van der Waals surface area contributed by atoms with E-state index in [2.05, 4.69) is 24.2 Å². The first-order valence-electron chi connectivity index (χ1n) is 4.89. The first-order chi connectivity index (χ1) is 6.65. The van der Waals surface area contributed by atoms with Gasteiger partial charge in [-0.2, -0.15) is 0 Å². The van der Waals surface area contributed by atoms with Gasteiger partial charge in [-0.05, 0) is 18.8 Å². The van der Waals surface area contributed by atoms with Gasteiger partial charge in [-0.1, -0.05) is 31.3 Å². The fourth-order valence-corrected chi connectivity index (χ4v) is 1.90. The summed E-state index contributed by atoms with van der Waals surface area (Å²) < 4.78 is 1.99. The lowest BCUT2D eigenvalue weighted by atomic mass is 10.2. The number of hydrogen-bond acceptors (Lipinski definition) is 3. The molecule has 0 amide bonds. The SMILES string of the molecule is CCc1c(C(N)=S)nnn1C1CC1C. The Balaban J connectivity index is 2.37. The van der Waals surface area contributed by atoms with Crippen LogP contribution in [0.5, 0.6) is 0 Å². The maximum Gasteiger partial charge on any atom is 0.143 e. The van der Waals surface area contributed by atoms with Crippen LogP contribution in [0.2, 0.25) is 0 Å². The topological polar surface area (TPSA) is 56.7 Å². The number of aromatic nitrogens is 3. The van der Waals surface area contributed by atoms with E-state index in [1.165, 1.54) is 6.42 Å². The van der Waals surface area contributed by atoms with E-state index in [-0.39, 0.29) is 0 Å². The van der Waals surface area contributed by atoms with Crippen LogP contribution >= 0.6 is 12.2 Å². The second kappa shape index (κ2) is 3.31. The lowest BCUT2D eigenvalue weighted by molar-refractivity contribution is 0.558. The zero-order chi connectivity index (χ0) is 10.3. The van der Waals surface area contributed by atoms with Crippen molar-refractivity contribution in [2.75, 3.05) is 0 Å². The van der Waals surface area contributed by atoms with Crippen molar-refractivity contribution >= 4 is 17.2 Å². The standard InChI is InChI=1S/C9H14N4S/c1-3-6-8(9(10)14)11-12-13(6)7-4-5(7)2/h5,7H,3-4H2,1-2H3,(H2,10,14). The molecule has 2 atom stereocenters. The third kappa shape index (κ3) is 1.41. The molecular formula is C9H14N4S. The zero-order valence-corrected chi connectivity index (χ0v) is 9.21. The van der Waals surface area contributed by atoms with Gasteiger partial charge in [0.1, 0.15) is 10.7 Å². The van der Waals surface area contributed by atoms with Crippen LogP contribution in [0, 0.1) is 5.92 Å². The van der Waals surface area contributed by atoms with Crippen LogP contribution in [0.25, 0.3) is 0 Å². The number of nitrogens with zero attached hydrogens (tertiary/aromatic N) is 3. The summed E-state index contributed by atoms with van der Waals surface area (Å²) in [5, 5.41) is 8.15. The number of thiocarbonyl (C=S) groups is 1. The minimum Gasteiger partial charge on any atom is -0.388 e. The van der Waals surface area contributed by atoms with Gasteiger partial charge in [0, 0.05) is 0 Å². The van der Waals surface area contributed by atoms with E-state index >= 15 is 0 Å². The molecule has 2 unspecified atom stereocenters. The number of hydrogen-bond donors (Lipinski definition) is 1. The fourth-order valence-electron chi connectivity index (χ4n) is 1.74. The van der Waals surface area contributed by atoms with Gasteiger partial charge < -0.3 is 5.73 Å². The van der Waals surface area contributed by atoms with E-state index in [1.807, 2.05) is 4.68 Å². The fraction of sp³-hybridized carbons (Fsp3) is 0.667. The molecule has 1 aromatic heterocycles. The van der Waals surface area contributed by atoms with Crippen LogP contribution in [0.1, 0.15) is 37.7 Å². The number of nitrogens with two attached hydrogens (primary N) is 1. The average Bonchev–Trinajstić information content (AvgIpc) is 2.72. The monoisotopic (exact) mass is 210 g/mol. The Kier molecular flexibility index (Phi) is 2.26. The molecule has 1 aromatic rings. The Morgan fingerprint density at radius 3 is 2.79 bits per heavy atom. The van der Waals surface area contributed by atoms with Gasteiger partial charge in [0.15, 0.2) is 0 Å². The van der Waals surface area contributed by atoms with Gasteiger partial charge in [0.2, 0.25) is 0 Å². The van der Waals surface area contributed by atoms with Crippen molar-refractivity contribution in [1.29, 1.82) is 0 Å². The van der Waals surface area contributed by atoms with Crippen LogP contribution in [-0.4, -0.2) is 20.0 Å². The molecule has 0 aromatic carbocycles. The van der Waals surface area contributed by atoms with Gasteiger partial charge in [-0.3, -0.25) is 0 Å². The van der Waals surface area contributed by atoms with Crippen LogP contribution in [0.4, 0.5) is 0 Å². The Hall–Kier alpha value is -0.970. The van der Waals surface area contributed by atoms with Crippen molar-refractivity contribution in [3.8, 4) is 0 Å². The molecule has 1 fully saturated rings. The van der Waals surface area contributed by atoms with Gasteiger partial charge in [0.25, 0.3) is 0 Å². The summed E-state index contributed by atoms with van der Waals surface area (Å²) >= 11 is 4.93. The predicted molar refractivity (Wildman–Crippen MR) is 58.1 cm³/mol. The first kappa shape index (κ1) is 9.58. The minimum atomic E-state index is 0.349. The highest BCUT2D eigenvalue weighted by molar-refractivity contribution is 7.80. The summed E-state index contributed by atoms with van der Waals surface area (Å²) in [6.07, 6.45) is 2.07. The largest absolute Gasteiger partial charge is 0.388 e. The minimum absolute atomic E-state index is 0.349. The molecule has 0 bridgehead atoms. The molecule has 1 aliphatic rings. The Morgan fingerprint density at radius 1 is 1.71 bits per heavy atom. The van der Waals surface area contributed by atoms with Crippen LogP contribution < -0.4 is 5.73 Å². The molecule has 1 aliphatic carbocycles. The van der Waals surface area contributed by atoms with Crippen LogP contribution in [-0.2, 0) is 6.42 Å². The molecule has 0 spiro atoms. The van der Waals surface area contributed by atoms with Gasteiger partial charge >= 0.3 is 0 Å². The summed E-state index contributed by atoms with van der Waals surface area (Å²) in [6.45, 7) is 4.29. The van der Waals surface area contributed by atoms with Crippen molar-refractivity contribution in [2.24, 2.45) is 11.7 Å². The van der Waals surface area contributed by atoms with E-state index in [4.69, 9.17) is 18.0 Å². The third-order valence-corrected chi connectivity index (χ3v) is 2.93. The Morgan fingerprint density at radius 2 is 2.36 bits per heavy atom. The molecule has 0 radical (unpaired) electrons. The lowest BCUT2D eigenvalue weighted by Crippen LogP contribution is -2.13. The normalized spacial score (nSPS) is 25.0. The predicted octanol–water partition coefficient (Wildman–Crippen LogP) is 1.06. The molecule has 2 N–H and O–H groups in total. The summed E-state index contributed by atoms with van der Waals surface area (Å²) in [5.74, 6) is 0.709. The third-order valence-electron chi connectivity index (χ3n) is 2.74. The number of rotatable bonds is 3. The van der Waals surface area contributed by atoms with Gasteiger partial charge in [0.05, 0.1) is 11.7 Å². The molecule has 76 valence electrons. The van der Waals surface area contributed by atoms with Crippen LogP contribution in [0.3, 0.4) is 0 Å². The molecule has 4 nitrogen and oxygen atoms in total. The van der Waals surface area contributed by atoms with Crippen molar-refractivity contribution in [3.63, 3.8) is 0 Å². The Labute approximate surface area is 88.5 Å². The van der Waals surface area contributed by atoms with Crippen LogP contribution in [0.15, 0.2) is 0 Å². The lowest BCUT2D eigenvalue weighted by Gasteiger charge is -2.03. The Bertz CT molecular complexity index is 371. The van der Waals surface area contributed by atoms with E-state index in [9.17, 15) is 0 Å². The molecule has 0 saturated heterocycles. The molecule has 14 heavy (non-hydrogen) atoms. The van der Waals surface area contributed by atoms with Gasteiger partial charge in [-0.25, -0.2) is 4.68 Å². The quantitative estimate of drug-likeness (QED) is 0.758. The second-order valence-corrected chi connectivity index (χ2v) is 4.27.